The maximum atomic E-state index is 2.22. The third-order valence-electron chi connectivity index (χ3n) is 3.12. The molecular weight excluding hydrogens is 216 g/mol. The van der Waals surface area contributed by atoms with Crippen molar-refractivity contribution in [2.75, 3.05) is 0 Å². The Hall–Kier alpha value is -1.82. The van der Waals surface area contributed by atoms with E-state index in [2.05, 4.69) is 76.2 Å². The lowest BCUT2D eigenvalue weighted by Gasteiger charge is -2.03. The van der Waals surface area contributed by atoms with Gasteiger partial charge in [0, 0.05) is 0 Å². The van der Waals surface area contributed by atoms with Crippen LogP contribution in [0, 0.1) is 27.7 Å². The third-order valence-corrected chi connectivity index (χ3v) is 3.12. The molecule has 0 saturated heterocycles. The van der Waals surface area contributed by atoms with E-state index in [4.69, 9.17) is 0 Å². The summed E-state index contributed by atoms with van der Waals surface area (Å²) < 4.78 is 0. The fraction of sp³-hybridized carbons (Fsp3) is 0.222. The van der Waals surface area contributed by atoms with Crippen LogP contribution in [-0.4, -0.2) is 0 Å². The van der Waals surface area contributed by atoms with Gasteiger partial charge in [-0.25, -0.2) is 0 Å². The minimum atomic E-state index is 1.27. The fourth-order valence-corrected chi connectivity index (χ4v) is 2.30. The summed E-state index contributed by atoms with van der Waals surface area (Å²) in [5.41, 5.74) is 7.84. The summed E-state index contributed by atoms with van der Waals surface area (Å²) in [5, 5.41) is 0. The summed E-state index contributed by atoms with van der Waals surface area (Å²) >= 11 is 0. The van der Waals surface area contributed by atoms with Gasteiger partial charge in [-0.3, -0.25) is 0 Å². The van der Waals surface area contributed by atoms with Gasteiger partial charge < -0.3 is 0 Å². The van der Waals surface area contributed by atoms with Crippen LogP contribution >= 0.6 is 0 Å². The second-order valence-corrected chi connectivity index (χ2v) is 5.11. The Bertz CT molecular complexity index is 569. The van der Waals surface area contributed by atoms with E-state index < -0.39 is 0 Å². The summed E-state index contributed by atoms with van der Waals surface area (Å²) in [6.07, 6.45) is 4.39. The molecule has 0 nitrogen and oxygen atoms in total. The second kappa shape index (κ2) is 5.22. The van der Waals surface area contributed by atoms with E-state index in [1.54, 1.807) is 0 Å². The van der Waals surface area contributed by atoms with Crippen LogP contribution in [0.3, 0.4) is 0 Å². The van der Waals surface area contributed by atoms with Crippen LogP contribution in [0.2, 0.25) is 0 Å². The Morgan fingerprint density at radius 3 is 1.94 bits per heavy atom. The molecule has 0 N–H and O–H groups in total. The van der Waals surface area contributed by atoms with Crippen molar-refractivity contribution < 1.29 is 0 Å². The molecule has 2 rings (SSSR count). The van der Waals surface area contributed by atoms with Gasteiger partial charge in [0.05, 0.1) is 0 Å². The highest BCUT2D eigenvalue weighted by molar-refractivity contribution is 5.71. The van der Waals surface area contributed by atoms with E-state index in [0.717, 1.165) is 0 Å². The van der Waals surface area contributed by atoms with E-state index in [-0.39, 0.29) is 0 Å². The van der Waals surface area contributed by atoms with Crippen LogP contribution in [0.15, 0.2) is 36.4 Å². The summed E-state index contributed by atoms with van der Waals surface area (Å²) in [7, 11) is 0. The van der Waals surface area contributed by atoms with E-state index in [1.807, 2.05) is 0 Å². The van der Waals surface area contributed by atoms with Crippen LogP contribution in [0.5, 0.6) is 0 Å². The predicted molar refractivity (Wildman–Crippen MR) is 80.8 cm³/mol. The molecule has 0 aliphatic carbocycles. The average Bonchev–Trinajstić information content (AvgIpc) is 2.26. The van der Waals surface area contributed by atoms with Gasteiger partial charge in [0.15, 0.2) is 0 Å². The largest absolute Gasteiger partial charge is 0.0587 e. The summed E-state index contributed by atoms with van der Waals surface area (Å²) in [6, 6.07) is 13.2. The van der Waals surface area contributed by atoms with Gasteiger partial charge in [0.1, 0.15) is 0 Å². The van der Waals surface area contributed by atoms with Crippen molar-refractivity contribution in [3.8, 4) is 0 Å². The molecule has 0 aliphatic heterocycles. The molecule has 0 unspecified atom stereocenters. The van der Waals surface area contributed by atoms with Crippen LogP contribution in [0.1, 0.15) is 33.4 Å². The highest BCUT2D eigenvalue weighted by Crippen LogP contribution is 2.16. The quantitative estimate of drug-likeness (QED) is 0.637. The van der Waals surface area contributed by atoms with E-state index in [9.17, 15) is 0 Å². The van der Waals surface area contributed by atoms with Crippen molar-refractivity contribution in [3.05, 3.63) is 69.8 Å². The van der Waals surface area contributed by atoms with Crippen LogP contribution in [0.25, 0.3) is 12.2 Å². The zero-order valence-electron chi connectivity index (χ0n) is 11.6. The molecular formula is C18H20. The van der Waals surface area contributed by atoms with Crippen molar-refractivity contribution in [2.45, 2.75) is 27.7 Å². The maximum absolute atomic E-state index is 2.22. The van der Waals surface area contributed by atoms with Crippen LogP contribution in [-0.2, 0) is 0 Å². The van der Waals surface area contributed by atoms with Crippen molar-refractivity contribution in [1.29, 1.82) is 0 Å². The van der Waals surface area contributed by atoms with E-state index in [0.29, 0.717) is 0 Å². The first kappa shape index (κ1) is 12.6. The van der Waals surface area contributed by atoms with Gasteiger partial charge in [-0.05, 0) is 44.4 Å². The Kier molecular flexibility index (Phi) is 3.66. The molecule has 0 heteroatoms. The zero-order valence-corrected chi connectivity index (χ0v) is 11.6. The molecule has 0 amide bonds. The molecule has 2 aromatic rings. The van der Waals surface area contributed by atoms with Gasteiger partial charge >= 0.3 is 0 Å². The Morgan fingerprint density at radius 2 is 1.33 bits per heavy atom. The molecule has 92 valence electrons. The van der Waals surface area contributed by atoms with Gasteiger partial charge in [-0.15, -0.1) is 0 Å². The van der Waals surface area contributed by atoms with E-state index in [1.165, 1.54) is 33.4 Å². The number of hydrogen-bond donors (Lipinski definition) is 0. The standard InChI is InChI=1S/C18H20/c1-13-5-7-18(16(4)10-13)8-6-17-11-14(2)9-15(3)12-17/h5-12H,1-4H3/b8-6+. The molecule has 0 bridgehead atoms. The van der Waals surface area contributed by atoms with Crippen molar-refractivity contribution in [2.24, 2.45) is 0 Å². The van der Waals surface area contributed by atoms with Gasteiger partial charge in [-0.1, -0.05) is 65.2 Å². The molecule has 0 spiro atoms. The molecule has 18 heavy (non-hydrogen) atoms. The van der Waals surface area contributed by atoms with Crippen LogP contribution < -0.4 is 0 Å². The molecule has 0 aliphatic rings. The number of benzene rings is 2. The summed E-state index contributed by atoms with van der Waals surface area (Å²) in [5.74, 6) is 0. The van der Waals surface area contributed by atoms with E-state index >= 15 is 0 Å². The zero-order chi connectivity index (χ0) is 13.1. The van der Waals surface area contributed by atoms with Gasteiger partial charge in [-0.2, -0.15) is 0 Å². The lowest BCUT2D eigenvalue weighted by atomic mass is 10.0. The third kappa shape index (κ3) is 3.10. The smallest absolute Gasteiger partial charge is 0.0227 e. The number of rotatable bonds is 2. The van der Waals surface area contributed by atoms with Gasteiger partial charge in [0.2, 0.25) is 0 Å². The first-order valence-electron chi connectivity index (χ1n) is 6.38. The van der Waals surface area contributed by atoms with Crippen molar-refractivity contribution in [1.82, 2.24) is 0 Å². The highest BCUT2D eigenvalue weighted by atomic mass is 14.0. The monoisotopic (exact) mass is 236 g/mol. The van der Waals surface area contributed by atoms with Gasteiger partial charge in [0.25, 0.3) is 0 Å². The first-order valence-corrected chi connectivity index (χ1v) is 6.38. The molecule has 2 aromatic carbocycles. The normalized spacial score (nSPS) is 11.1. The Labute approximate surface area is 110 Å². The number of aryl methyl sites for hydroxylation is 4. The lowest BCUT2D eigenvalue weighted by Crippen LogP contribution is -1.83. The van der Waals surface area contributed by atoms with Crippen LogP contribution in [0.4, 0.5) is 0 Å². The molecule has 0 aromatic heterocycles. The molecule has 0 saturated carbocycles. The second-order valence-electron chi connectivity index (χ2n) is 5.11. The maximum Gasteiger partial charge on any atom is -0.0227 e. The first-order chi connectivity index (χ1) is 8.54. The minimum absolute atomic E-state index is 1.27. The molecule has 0 radical (unpaired) electrons. The summed E-state index contributed by atoms with van der Waals surface area (Å²) in [4.78, 5) is 0. The number of hydrogen-bond acceptors (Lipinski definition) is 0. The fourth-order valence-electron chi connectivity index (χ4n) is 2.30. The van der Waals surface area contributed by atoms with Crippen molar-refractivity contribution in [3.63, 3.8) is 0 Å². The molecule has 0 atom stereocenters. The highest BCUT2D eigenvalue weighted by Gasteiger charge is 1.95. The molecule has 0 heterocycles. The Morgan fingerprint density at radius 1 is 0.667 bits per heavy atom. The SMILES string of the molecule is Cc1cc(C)cc(/C=C/c2ccc(C)cc2C)c1. The van der Waals surface area contributed by atoms with Crippen molar-refractivity contribution >= 4 is 12.2 Å². The predicted octanol–water partition coefficient (Wildman–Crippen LogP) is 5.09. The minimum Gasteiger partial charge on any atom is -0.0587 e. The molecule has 0 fully saturated rings. The lowest BCUT2D eigenvalue weighted by molar-refractivity contribution is 1.36. The Balaban J connectivity index is 2.29. The average molecular weight is 236 g/mol. The summed E-state index contributed by atoms with van der Waals surface area (Å²) in [6.45, 7) is 8.57. The topological polar surface area (TPSA) is 0 Å².